The minimum Gasteiger partial charge on any atom is -0.304 e. The predicted octanol–water partition coefficient (Wildman–Crippen LogP) is 5.80. The number of thioether (sulfide) groups is 1. The molecule has 0 radical (unpaired) electrons. The number of amides is 1. The van der Waals surface area contributed by atoms with Crippen LogP contribution in [0.2, 0.25) is 10.0 Å². The van der Waals surface area contributed by atoms with E-state index in [1.807, 2.05) is 24.3 Å². The zero-order chi connectivity index (χ0) is 18.5. The molecular weight excluding hydrogens is 387 g/mol. The van der Waals surface area contributed by atoms with E-state index in [2.05, 4.69) is 29.4 Å². The number of unbranched alkanes of at least 4 members (excludes halogenated alkanes) is 1. The van der Waals surface area contributed by atoms with Crippen molar-refractivity contribution in [1.29, 1.82) is 0 Å². The number of aryl methyl sites for hydroxylation is 1. The molecule has 6 heteroatoms. The van der Waals surface area contributed by atoms with E-state index in [0.29, 0.717) is 21.6 Å². The number of amidine groups is 1. The first-order chi connectivity index (χ1) is 12.6. The lowest BCUT2D eigenvalue weighted by atomic mass is 10.1. The molecule has 1 fully saturated rings. The summed E-state index contributed by atoms with van der Waals surface area (Å²) < 4.78 is 0. The highest BCUT2D eigenvalue weighted by molar-refractivity contribution is 8.15. The van der Waals surface area contributed by atoms with E-state index in [4.69, 9.17) is 23.2 Å². The zero-order valence-corrected chi connectivity index (χ0v) is 16.8. The minimum atomic E-state index is -0.256. The lowest BCUT2D eigenvalue weighted by Crippen LogP contribution is -2.26. The van der Waals surface area contributed by atoms with E-state index in [-0.39, 0.29) is 11.2 Å². The van der Waals surface area contributed by atoms with Gasteiger partial charge in [0.05, 0.1) is 21.0 Å². The van der Waals surface area contributed by atoms with Gasteiger partial charge in [-0.1, -0.05) is 72.6 Å². The molecule has 1 amide bonds. The number of hydrogen-bond acceptors (Lipinski definition) is 3. The Bertz CT molecular complexity index is 821. The largest absolute Gasteiger partial charge is 0.304 e. The number of carbonyl (C=O) groups excluding carboxylic acids is 1. The summed E-state index contributed by atoms with van der Waals surface area (Å²) in [7, 11) is 0. The molecule has 2 aromatic carbocycles. The average Bonchev–Trinajstić information content (AvgIpc) is 2.97. The number of nitrogens with one attached hydrogen (secondary N) is 1. The summed E-state index contributed by atoms with van der Waals surface area (Å²) in [4.78, 5) is 16.8. The molecular formula is C20H20Cl2N2OS. The van der Waals surface area contributed by atoms with Crippen LogP contribution >= 0.6 is 35.0 Å². The van der Waals surface area contributed by atoms with Gasteiger partial charge in [0.25, 0.3) is 0 Å². The Morgan fingerprint density at radius 3 is 2.65 bits per heavy atom. The van der Waals surface area contributed by atoms with Crippen LogP contribution in [0.5, 0.6) is 0 Å². The highest BCUT2D eigenvalue weighted by Crippen LogP contribution is 2.31. The lowest BCUT2D eigenvalue weighted by molar-refractivity contribution is -0.118. The second kappa shape index (κ2) is 8.94. The molecule has 1 aliphatic heterocycles. The summed E-state index contributed by atoms with van der Waals surface area (Å²) in [5.41, 5.74) is 3.02. The van der Waals surface area contributed by atoms with E-state index >= 15 is 0 Å². The maximum atomic E-state index is 12.3. The number of benzene rings is 2. The van der Waals surface area contributed by atoms with E-state index in [9.17, 15) is 4.79 Å². The Morgan fingerprint density at radius 1 is 1.15 bits per heavy atom. The van der Waals surface area contributed by atoms with Crippen LogP contribution in [0.4, 0.5) is 5.69 Å². The maximum absolute atomic E-state index is 12.3. The van der Waals surface area contributed by atoms with Crippen LogP contribution in [-0.4, -0.2) is 16.3 Å². The molecule has 1 aliphatic rings. The number of hydrogen-bond donors (Lipinski definition) is 1. The van der Waals surface area contributed by atoms with E-state index in [0.717, 1.165) is 17.7 Å². The second-order valence-electron chi connectivity index (χ2n) is 6.20. The van der Waals surface area contributed by atoms with Gasteiger partial charge in [0, 0.05) is 0 Å². The Labute approximate surface area is 168 Å². The van der Waals surface area contributed by atoms with Crippen molar-refractivity contribution in [3.63, 3.8) is 0 Å². The van der Waals surface area contributed by atoms with Crippen LogP contribution in [0.3, 0.4) is 0 Å². The Hall–Kier alpha value is -1.49. The van der Waals surface area contributed by atoms with E-state index in [1.165, 1.54) is 30.2 Å². The summed E-state index contributed by atoms with van der Waals surface area (Å²) in [6.07, 6.45) is 3.98. The van der Waals surface area contributed by atoms with Gasteiger partial charge in [-0.15, -0.1) is 0 Å². The first-order valence-electron chi connectivity index (χ1n) is 8.65. The molecule has 1 saturated heterocycles. The van der Waals surface area contributed by atoms with Crippen LogP contribution in [0.15, 0.2) is 47.5 Å². The van der Waals surface area contributed by atoms with Crippen LogP contribution in [0.1, 0.15) is 30.9 Å². The molecule has 3 rings (SSSR count). The molecule has 0 aliphatic carbocycles. The molecule has 1 unspecified atom stereocenters. The van der Waals surface area contributed by atoms with Crippen molar-refractivity contribution in [2.24, 2.45) is 4.99 Å². The van der Waals surface area contributed by atoms with Gasteiger partial charge in [0.1, 0.15) is 0 Å². The molecule has 0 saturated carbocycles. The van der Waals surface area contributed by atoms with Gasteiger partial charge in [0.15, 0.2) is 5.17 Å². The number of carbonyl (C=O) groups is 1. The third-order valence-electron chi connectivity index (χ3n) is 4.20. The number of rotatable bonds is 6. The normalized spacial score (nSPS) is 18.3. The van der Waals surface area contributed by atoms with Gasteiger partial charge in [-0.3, -0.25) is 4.79 Å². The van der Waals surface area contributed by atoms with Gasteiger partial charge in [0.2, 0.25) is 5.91 Å². The molecule has 136 valence electrons. The Kier molecular flexibility index (Phi) is 6.63. The molecule has 1 N–H and O–H groups in total. The van der Waals surface area contributed by atoms with Crippen molar-refractivity contribution in [3.8, 4) is 0 Å². The zero-order valence-electron chi connectivity index (χ0n) is 14.5. The molecule has 26 heavy (non-hydrogen) atoms. The van der Waals surface area contributed by atoms with Crippen molar-refractivity contribution >= 4 is 51.7 Å². The molecule has 0 aromatic heterocycles. The number of aliphatic imine (C=N–C) groups is 1. The lowest BCUT2D eigenvalue weighted by Gasteiger charge is -2.08. The molecule has 0 bridgehead atoms. The van der Waals surface area contributed by atoms with Crippen molar-refractivity contribution in [2.45, 2.75) is 37.9 Å². The van der Waals surface area contributed by atoms with Crippen molar-refractivity contribution in [2.75, 3.05) is 0 Å². The van der Waals surface area contributed by atoms with E-state index in [1.54, 1.807) is 6.07 Å². The summed E-state index contributed by atoms with van der Waals surface area (Å²) >= 11 is 13.7. The van der Waals surface area contributed by atoms with Gasteiger partial charge < -0.3 is 5.32 Å². The highest BCUT2D eigenvalue weighted by atomic mass is 35.5. The first kappa shape index (κ1) is 19.3. The van der Waals surface area contributed by atoms with Crippen molar-refractivity contribution in [1.82, 2.24) is 5.32 Å². The summed E-state index contributed by atoms with van der Waals surface area (Å²) in [6, 6.07) is 13.7. The SMILES string of the molecule is CCCCc1ccc(N=C2NC(=O)C(Cc3cccc(Cl)c3Cl)S2)cc1. The minimum absolute atomic E-state index is 0.0515. The molecule has 0 spiro atoms. The summed E-state index contributed by atoms with van der Waals surface area (Å²) in [6.45, 7) is 2.19. The Morgan fingerprint density at radius 2 is 1.92 bits per heavy atom. The molecule has 1 heterocycles. The molecule has 2 aromatic rings. The van der Waals surface area contributed by atoms with E-state index < -0.39 is 0 Å². The maximum Gasteiger partial charge on any atom is 0.239 e. The average molecular weight is 407 g/mol. The monoisotopic (exact) mass is 406 g/mol. The third kappa shape index (κ3) is 4.81. The summed E-state index contributed by atoms with van der Waals surface area (Å²) in [5.74, 6) is -0.0515. The van der Waals surface area contributed by atoms with Crippen molar-refractivity contribution < 1.29 is 4.79 Å². The van der Waals surface area contributed by atoms with Gasteiger partial charge in [-0.2, -0.15) is 0 Å². The number of nitrogens with zero attached hydrogens (tertiary/aromatic N) is 1. The number of halogens is 2. The van der Waals surface area contributed by atoms with Crippen LogP contribution in [0, 0.1) is 0 Å². The first-order valence-corrected chi connectivity index (χ1v) is 10.3. The fraction of sp³-hybridized carbons (Fsp3) is 0.300. The van der Waals surface area contributed by atoms with Crippen LogP contribution in [-0.2, 0) is 17.6 Å². The fourth-order valence-corrected chi connectivity index (χ4v) is 4.15. The molecule has 3 nitrogen and oxygen atoms in total. The highest BCUT2D eigenvalue weighted by Gasteiger charge is 2.31. The Balaban J connectivity index is 1.67. The smallest absolute Gasteiger partial charge is 0.239 e. The van der Waals surface area contributed by atoms with Crippen LogP contribution in [0.25, 0.3) is 0 Å². The topological polar surface area (TPSA) is 41.5 Å². The van der Waals surface area contributed by atoms with Crippen molar-refractivity contribution in [3.05, 3.63) is 63.6 Å². The van der Waals surface area contributed by atoms with Gasteiger partial charge in [-0.05, 0) is 48.6 Å². The second-order valence-corrected chi connectivity index (χ2v) is 8.18. The van der Waals surface area contributed by atoms with Crippen LogP contribution < -0.4 is 5.32 Å². The predicted molar refractivity (Wildman–Crippen MR) is 112 cm³/mol. The summed E-state index contributed by atoms with van der Waals surface area (Å²) in [5, 5.41) is 4.24. The van der Waals surface area contributed by atoms with Gasteiger partial charge in [-0.25, -0.2) is 4.99 Å². The third-order valence-corrected chi connectivity index (χ3v) is 6.14. The fourth-order valence-electron chi connectivity index (χ4n) is 2.73. The van der Waals surface area contributed by atoms with Gasteiger partial charge >= 0.3 is 0 Å². The molecule has 1 atom stereocenters. The standard InChI is InChI=1S/C20H20Cl2N2OS/c1-2-3-5-13-8-10-15(11-9-13)23-20-24-19(25)17(26-20)12-14-6-4-7-16(21)18(14)22/h4,6-11,17H,2-3,5,12H2,1H3,(H,23,24,25). The quantitative estimate of drug-likeness (QED) is 0.658.